The fourth-order valence-corrected chi connectivity index (χ4v) is 3.21. The van der Waals surface area contributed by atoms with E-state index in [9.17, 15) is 0 Å². The molecule has 106 valence electrons. The number of aromatic nitrogens is 2. The van der Waals surface area contributed by atoms with Crippen molar-refractivity contribution in [3.8, 4) is 17.2 Å². The van der Waals surface area contributed by atoms with Gasteiger partial charge < -0.3 is 9.15 Å². The summed E-state index contributed by atoms with van der Waals surface area (Å²) in [7, 11) is 1.65. The highest BCUT2D eigenvalue weighted by molar-refractivity contribution is 9.10. The largest absolute Gasteiger partial charge is 0.496 e. The van der Waals surface area contributed by atoms with Crippen molar-refractivity contribution in [2.24, 2.45) is 0 Å². The van der Waals surface area contributed by atoms with E-state index < -0.39 is 0 Å². The molecule has 1 fully saturated rings. The van der Waals surface area contributed by atoms with Gasteiger partial charge in [0.15, 0.2) is 0 Å². The number of ether oxygens (including phenoxy) is 1. The van der Waals surface area contributed by atoms with Crippen molar-refractivity contribution in [2.75, 3.05) is 7.11 Å². The summed E-state index contributed by atoms with van der Waals surface area (Å²) >= 11 is 3.47. The molecule has 1 saturated carbocycles. The minimum atomic E-state index is 0.437. The Morgan fingerprint density at radius 3 is 2.70 bits per heavy atom. The molecule has 20 heavy (non-hydrogen) atoms. The first-order valence-corrected chi connectivity index (χ1v) is 7.74. The van der Waals surface area contributed by atoms with Crippen molar-refractivity contribution in [2.45, 2.75) is 38.0 Å². The Kier molecular flexibility index (Phi) is 4.05. The summed E-state index contributed by atoms with van der Waals surface area (Å²) < 4.78 is 12.0. The molecular formula is C15H17BrN2O2. The number of benzene rings is 1. The van der Waals surface area contributed by atoms with Crippen molar-refractivity contribution in [3.63, 3.8) is 0 Å². The molecule has 1 aromatic carbocycles. The number of nitrogens with zero attached hydrogens (tertiary/aromatic N) is 2. The van der Waals surface area contributed by atoms with Crippen molar-refractivity contribution in [1.29, 1.82) is 0 Å². The first-order valence-electron chi connectivity index (χ1n) is 6.95. The summed E-state index contributed by atoms with van der Waals surface area (Å²) in [5, 5.41) is 8.41. The predicted octanol–water partition coefficient (Wildman–Crippen LogP) is 4.56. The standard InChI is InChI=1S/C15H17BrN2O2/c1-19-13-8-7-11(9-12(13)16)15-18-17-14(20-15)10-5-3-2-4-6-10/h7-10H,2-6H2,1H3. The molecule has 0 unspecified atom stereocenters. The summed E-state index contributed by atoms with van der Waals surface area (Å²) in [5.74, 6) is 2.59. The van der Waals surface area contributed by atoms with Gasteiger partial charge in [-0.2, -0.15) is 0 Å². The van der Waals surface area contributed by atoms with E-state index in [1.165, 1.54) is 19.3 Å². The van der Waals surface area contributed by atoms with Crippen molar-refractivity contribution < 1.29 is 9.15 Å². The Labute approximate surface area is 126 Å². The Bertz CT molecular complexity index is 591. The number of halogens is 1. The van der Waals surface area contributed by atoms with Gasteiger partial charge in [0.1, 0.15) is 5.75 Å². The SMILES string of the molecule is COc1ccc(-c2nnc(C3CCCCC3)o2)cc1Br. The van der Waals surface area contributed by atoms with Crippen LogP contribution in [0.15, 0.2) is 27.1 Å². The normalized spacial score (nSPS) is 16.3. The minimum Gasteiger partial charge on any atom is -0.496 e. The zero-order chi connectivity index (χ0) is 13.9. The maximum absolute atomic E-state index is 5.85. The Balaban J connectivity index is 1.84. The molecule has 0 aliphatic heterocycles. The van der Waals surface area contributed by atoms with Crippen LogP contribution in [0.4, 0.5) is 0 Å². The van der Waals surface area contributed by atoms with Gasteiger partial charge in [-0.3, -0.25) is 0 Å². The summed E-state index contributed by atoms with van der Waals surface area (Å²) in [5.41, 5.74) is 0.909. The maximum atomic E-state index is 5.85. The predicted molar refractivity (Wildman–Crippen MR) is 79.8 cm³/mol. The summed E-state index contributed by atoms with van der Waals surface area (Å²) in [4.78, 5) is 0. The molecule has 3 rings (SSSR count). The van der Waals surface area contributed by atoms with E-state index in [1.54, 1.807) is 7.11 Å². The van der Waals surface area contributed by atoms with Crippen LogP contribution in [0.1, 0.15) is 43.9 Å². The molecule has 0 atom stereocenters. The Hall–Kier alpha value is -1.36. The van der Waals surface area contributed by atoms with E-state index >= 15 is 0 Å². The van der Waals surface area contributed by atoms with Gasteiger partial charge in [-0.25, -0.2) is 0 Å². The highest BCUT2D eigenvalue weighted by atomic mass is 79.9. The smallest absolute Gasteiger partial charge is 0.247 e. The lowest BCUT2D eigenvalue weighted by molar-refractivity contribution is 0.367. The molecule has 0 spiro atoms. The van der Waals surface area contributed by atoms with E-state index in [4.69, 9.17) is 9.15 Å². The molecule has 2 aromatic rings. The average Bonchev–Trinajstić information content (AvgIpc) is 2.98. The van der Waals surface area contributed by atoms with E-state index in [0.717, 1.165) is 34.5 Å². The van der Waals surface area contributed by atoms with Gasteiger partial charge in [0.2, 0.25) is 11.8 Å². The Morgan fingerprint density at radius 1 is 1.20 bits per heavy atom. The van der Waals surface area contributed by atoms with Gasteiger partial charge in [-0.1, -0.05) is 19.3 Å². The summed E-state index contributed by atoms with van der Waals surface area (Å²) in [6.07, 6.45) is 6.16. The summed E-state index contributed by atoms with van der Waals surface area (Å²) in [6.45, 7) is 0. The van der Waals surface area contributed by atoms with Gasteiger partial charge in [0, 0.05) is 11.5 Å². The third-order valence-corrected chi connectivity index (χ3v) is 4.41. The van der Waals surface area contributed by atoms with E-state index in [1.807, 2.05) is 18.2 Å². The molecule has 5 heteroatoms. The quantitative estimate of drug-likeness (QED) is 0.824. The average molecular weight is 337 g/mol. The lowest BCUT2D eigenvalue weighted by Gasteiger charge is -2.17. The number of methoxy groups -OCH3 is 1. The fraction of sp³-hybridized carbons (Fsp3) is 0.467. The molecule has 1 aromatic heterocycles. The van der Waals surface area contributed by atoms with Crippen LogP contribution >= 0.6 is 15.9 Å². The van der Waals surface area contributed by atoms with Crippen LogP contribution in [0.25, 0.3) is 11.5 Å². The molecule has 0 amide bonds. The van der Waals surface area contributed by atoms with Gasteiger partial charge in [0.25, 0.3) is 0 Å². The second-order valence-electron chi connectivity index (χ2n) is 5.13. The van der Waals surface area contributed by atoms with Gasteiger partial charge >= 0.3 is 0 Å². The first-order chi connectivity index (χ1) is 9.78. The number of hydrogen-bond donors (Lipinski definition) is 0. The molecule has 0 N–H and O–H groups in total. The topological polar surface area (TPSA) is 48.2 Å². The van der Waals surface area contributed by atoms with Gasteiger partial charge in [-0.15, -0.1) is 10.2 Å². The number of rotatable bonds is 3. The van der Waals surface area contributed by atoms with Crippen LogP contribution in [-0.4, -0.2) is 17.3 Å². The van der Waals surface area contributed by atoms with E-state index in [0.29, 0.717) is 11.8 Å². The molecule has 1 aliphatic rings. The maximum Gasteiger partial charge on any atom is 0.247 e. The molecule has 1 aliphatic carbocycles. The lowest BCUT2D eigenvalue weighted by Crippen LogP contribution is -2.04. The lowest BCUT2D eigenvalue weighted by atomic mass is 9.89. The van der Waals surface area contributed by atoms with E-state index in [-0.39, 0.29) is 0 Å². The second kappa shape index (κ2) is 5.95. The molecule has 4 nitrogen and oxygen atoms in total. The first kappa shape index (κ1) is 13.6. The van der Waals surface area contributed by atoms with Crippen LogP contribution in [0, 0.1) is 0 Å². The highest BCUT2D eigenvalue weighted by Gasteiger charge is 2.21. The monoisotopic (exact) mass is 336 g/mol. The molecular weight excluding hydrogens is 320 g/mol. The molecule has 0 radical (unpaired) electrons. The highest BCUT2D eigenvalue weighted by Crippen LogP contribution is 2.34. The van der Waals surface area contributed by atoms with Crippen LogP contribution < -0.4 is 4.74 Å². The third kappa shape index (κ3) is 2.73. The minimum absolute atomic E-state index is 0.437. The molecule has 0 saturated heterocycles. The number of hydrogen-bond acceptors (Lipinski definition) is 4. The van der Waals surface area contributed by atoms with Crippen molar-refractivity contribution in [3.05, 3.63) is 28.6 Å². The van der Waals surface area contributed by atoms with Crippen molar-refractivity contribution in [1.82, 2.24) is 10.2 Å². The van der Waals surface area contributed by atoms with Gasteiger partial charge in [0.05, 0.1) is 11.6 Å². The molecule has 1 heterocycles. The third-order valence-electron chi connectivity index (χ3n) is 3.79. The van der Waals surface area contributed by atoms with Crippen LogP contribution in [-0.2, 0) is 0 Å². The Morgan fingerprint density at radius 2 is 2.00 bits per heavy atom. The zero-order valence-corrected chi connectivity index (χ0v) is 13.0. The van der Waals surface area contributed by atoms with Crippen LogP contribution in [0.5, 0.6) is 5.75 Å². The van der Waals surface area contributed by atoms with E-state index in [2.05, 4.69) is 26.1 Å². The second-order valence-corrected chi connectivity index (χ2v) is 5.98. The summed E-state index contributed by atoms with van der Waals surface area (Å²) in [6, 6.07) is 5.77. The van der Waals surface area contributed by atoms with Crippen LogP contribution in [0.2, 0.25) is 0 Å². The molecule has 0 bridgehead atoms. The zero-order valence-electron chi connectivity index (χ0n) is 11.4. The van der Waals surface area contributed by atoms with Crippen LogP contribution in [0.3, 0.4) is 0 Å². The van der Waals surface area contributed by atoms with Gasteiger partial charge in [-0.05, 0) is 47.0 Å². The fourth-order valence-electron chi connectivity index (χ4n) is 2.67. The van der Waals surface area contributed by atoms with Crippen molar-refractivity contribution >= 4 is 15.9 Å².